The van der Waals surface area contributed by atoms with Gasteiger partial charge in [-0.25, -0.2) is 4.79 Å². The van der Waals surface area contributed by atoms with Crippen molar-refractivity contribution in [1.82, 2.24) is 4.90 Å². The van der Waals surface area contributed by atoms with E-state index in [9.17, 15) is 4.79 Å². The van der Waals surface area contributed by atoms with E-state index in [4.69, 9.17) is 9.47 Å². The Balaban J connectivity index is 1.75. The predicted octanol–water partition coefficient (Wildman–Crippen LogP) is 0.574. The monoisotopic (exact) mass is 219 g/mol. The number of hydrogen-bond acceptors (Lipinski definition) is 4. The van der Waals surface area contributed by atoms with E-state index < -0.39 is 0 Å². The zero-order valence-corrected chi connectivity index (χ0v) is 8.89. The number of hydrogen-bond donors (Lipinski definition) is 0. The van der Waals surface area contributed by atoms with E-state index in [1.54, 1.807) is 6.08 Å². The normalized spacial score (nSPS) is 56.5. The van der Waals surface area contributed by atoms with E-state index in [0.29, 0.717) is 24.4 Å². The van der Waals surface area contributed by atoms with Gasteiger partial charge in [0.2, 0.25) is 0 Å². The Morgan fingerprint density at radius 1 is 1.44 bits per heavy atom. The summed E-state index contributed by atoms with van der Waals surface area (Å²) in [7, 11) is 0. The maximum Gasteiger partial charge on any atom is 0.331 e. The highest BCUT2D eigenvalue weighted by Gasteiger charge is 2.69. The molecule has 84 valence electrons. The number of esters is 1. The van der Waals surface area contributed by atoms with Crippen LogP contribution in [0.25, 0.3) is 0 Å². The Morgan fingerprint density at radius 3 is 3.31 bits per heavy atom. The van der Waals surface area contributed by atoms with E-state index in [0.717, 1.165) is 25.7 Å². The molecular weight excluding hydrogens is 206 g/mol. The first-order valence-corrected chi connectivity index (χ1v) is 6.15. The van der Waals surface area contributed by atoms with Crippen molar-refractivity contribution in [1.29, 1.82) is 0 Å². The molecule has 6 rings (SSSR count). The Hall–Kier alpha value is -0.870. The highest BCUT2D eigenvalue weighted by Crippen LogP contribution is 2.59. The number of nitrogens with zero attached hydrogens (tertiary/aromatic N) is 1. The molecule has 5 atom stereocenters. The van der Waals surface area contributed by atoms with Gasteiger partial charge < -0.3 is 9.47 Å². The molecule has 1 aliphatic carbocycles. The molecule has 4 bridgehead atoms. The molecule has 1 spiro atoms. The summed E-state index contributed by atoms with van der Waals surface area (Å²) in [4.78, 5) is 14.0. The first kappa shape index (κ1) is 8.25. The molecule has 6 aliphatic rings. The van der Waals surface area contributed by atoms with Crippen LogP contribution in [0.15, 0.2) is 11.6 Å². The summed E-state index contributed by atoms with van der Waals surface area (Å²) in [5.41, 5.74) is 0.938. The molecule has 5 heterocycles. The minimum Gasteiger partial charge on any atom is -0.450 e. The summed E-state index contributed by atoms with van der Waals surface area (Å²) in [6, 6.07) is 0.910. The van der Waals surface area contributed by atoms with Crippen LogP contribution in [0.4, 0.5) is 0 Å². The van der Waals surface area contributed by atoms with E-state index >= 15 is 0 Å². The van der Waals surface area contributed by atoms with Crippen LogP contribution < -0.4 is 0 Å². The summed E-state index contributed by atoms with van der Waals surface area (Å²) in [5.74, 6) is -0.137. The standard InChI is InChI=1S/C12H13NO3/c14-11-4-6-3-7-8-5-12(6,16-11)9-1-2-10(15-8)13(7)9/h4,7-10H,1-3,5H2/t7-,8?,9-,10-,12?/m0/s1. The topological polar surface area (TPSA) is 38.8 Å². The highest BCUT2D eigenvalue weighted by atomic mass is 16.6. The van der Waals surface area contributed by atoms with Crippen molar-refractivity contribution in [3.05, 3.63) is 11.6 Å². The maximum absolute atomic E-state index is 11.5. The average molecular weight is 219 g/mol. The van der Waals surface area contributed by atoms with Gasteiger partial charge in [-0.1, -0.05) is 0 Å². The van der Waals surface area contributed by atoms with Crippen molar-refractivity contribution in [2.75, 3.05) is 0 Å². The van der Waals surface area contributed by atoms with Gasteiger partial charge in [0.25, 0.3) is 0 Å². The van der Waals surface area contributed by atoms with Gasteiger partial charge in [-0.2, -0.15) is 0 Å². The molecule has 4 heteroatoms. The van der Waals surface area contributed by atoms with Crippen molar-refractivity contribution in [3.63, 3.8) is 0 Å². The van der Waals surface area contributed by atoms with E-state index in [1.165, 1.54) is 5.57 Å². The lowest BCUT2D eigenvalue weighted by molar-refractivity contribution is -0.162. The molecule has 2 unspecified atom stereocenters. The third kappa shape index (κ3) is 0.659. The first-order chi connectivity index (χ1) is 7.78. The summed E-state index contributed by atoms with van der Waals surface area (Å²) in [6.07, 6.45) is 6.42. The SMILES string of the molecule is O=C1C=C2C[C@H]3C4CC2(O1)[C@@H]1CC[C@H](O4)N13. The van der Waals surface area contributed by atoms with E-state index in [1.807, 2.05) is 0 Å². The van der Waals surface area contributed by atoms with Gasteiger partial charge in [0, 0.05) is 18.5 Å². The van der Waals surface area contributed by atoms with Gasteiger partial charge in [0.05, 0.1) is 12.1 Å². The molecule has 4 saturated heterocycles. The van der Waals surface area contributed by atoms with Gasteiger partial charge in [-0.15, -0.1) is 0 Å². The highest BCUT2D eigenvalue weighted by molar-refractivity contribution is 5.87. The van der Waals surface area contributed by atoms with Crippen molar-refractivity contribution in [2.24, 2.45) is 0 Å². The number of ether oxygens (including phenoxy) is 2. The van der Waals surface area contributed by atoms with E-state index in [-0.39, 0.29) is 11.6 Å². The largest absolute Gasteiger partial charge is 0.450 e. The summed E-state index contributed by atoms with van der Waals surface area (Å²) in [5, 5.41) is 0. The zero-order chi connectivity index (χ0) is 10.5. The summed E-state index contributed by atoms with van der Waals surface area (Å²) in [6.45, 7) is 0. The summed E-state index contributed by atoms with van der Waals surface area (Å²) < 4.78 is 11.8. The Morgan fingerprint density at radius 2 is 2.38 bits per heavy atom. The predicted molar refractivity (Wildman–Crippen MR) is 53.5 cm³/mol. The molecule has 0 N–H and O–H groups in total. The van der Waals surface area contributed by atoms with Crippen molar-refractivity contribution >= 4 is 5.97 Å². The fourth-order valence-electron chi connectivity index (χ4n) is 4.65. The molecule has 0 aromatic carbocycles. The third-order valence-electron chi connectivity index (χ3n) is 5.11. The molecular formula is C12H13NO3. The van der Waals surface area contributed by atoms with Crippen LogP contribution in [0.3, 0.4) is 0 Å². The molecule has 5 fully saturated rings. The molecule has 0 aromatic rings. The number of piperidine rings is 2. The number of carbonyl (C=O) groups is 1. The minimum absolute atomic E-state index is 0.137. The average Bonchev–Trinajstić information content (AvgIpc) is 2.81. The van der Waals surface area contributed by atoms with Gasteiger partial charge in [0.1, 0.15) is 6.23 Å². The molecule has 4 nitrogen and oxygen atoms in total. The van der Waals surface area contributed by atoms with Crippen LogP contribution >= 0.6 is 0 Å². The van der Waals surface area contributed by atoms with Crippen molar-refractivity contribution in [3.8, 4) is 0 Å². The molecule has 0 radical (unpaired) electrons. The van der Waals surface area contributed by atoms with Crippen LogP contribution in [-0.4, -0.2) is 40.9 Å². The zero-order valence-electron chi connectivity index (χ0n) is 8.89. The van der Waals surface area contributed by atoms with Gasteiger partial charge in [-0.3, -0.25) is 4.90 Å². The minimum atomic E-state index is -0.304. The maximum atomic E-state index is 11.5. The molecule has 1 saturated carbocycles. The Labute approximate surface area is 93.2 Å². The van der Waals surface area contributed by atoms with Crippen LogP contribution in [0, 0.1) is 0 Å². The number of rotatable bonds is 0. The first-order valence-electron chi connectivity index (χ1n) is 6.15. The lowest BCUT2D eigenvalue weighted by atomic mass is 9.67. The fourth-order valence-corrected chi connectivity index (χ4v) is 4.65. The number of carbonyl (C=O) groups excluding carboxylic acids is 1. The van der Waals surface area contributed by atoms with Crippen LogP contribution in [0.1, 0.15) is 25.7 Å². The lowest BCUT2D eigenvalue weighted by Gasteiger charge is -2.53. The van der Waals surface area contributed by atoms with Crippen molar-refractivity contribution in [2.45, 2.75) is 55.7 Å². The second-order valence-electron chi connectivity index (χ2n) is 5.63. The Bertz CT molecular complexity index is 446. The van der Waals surface area contributed by atoms with E-state index in [2.05, 4.69) is 4.90 Å². The Kier molecular flexibility index (Phi) is 1.14. The quantitative estimate of drug-likeness (QED) is 0.558. The molecule has 16 heavy (non-hydrogen) atoms. The van der Waals surface area contributed by atoms with Crippen LogP contribution in [0.2, 0.25) is 0 Å². The van der Waals surface area contributed by atoms with Gasteiger partial charge in [-0.05, 0) is 24.8 Å². The van der Waals surface area contributed by atoms with Crippen molar-refractivity contribution < 1.29 is 14.3 Å². The summed E-state index contributed by atoms with van der Waals surface area (Å²) >= 11 is 0. The molecule has 0 amide bonds. The molecule has 0 aromatic heterocycles. The van der Waals surface area contributed by atoms with Gasteiger partial charge in [0.15, 0.2) is 5.60 Å². The second-order valence-corrected chi connectivity index (χ2v) is 5.63. The van der Waals surface area contributed by atoms with Crippen LogP contribution in [-0.2, 0) is 14.3 Å². The second kappa shape index (κ2) is 2.22. The van der Waals surface area contributed by atoms with Crippen LogP contribution in [0.5, 0.6) is 0 Å². The third-order valence-corrected chi connectivity index (χ3v) is 5.11. The van der Waals surface area contributed by atoms with Gasteiger partial charge >= 0.3 is 5.97 Å². The smallest absolute Gasteiger partial charge is 0.331 e. The lowest BCUT2D eigenvalue weighted by Crippen LogP contribution is -2.65. The fraction of sp³-hybridized carbons (Fsp3) is 0.750. The molecule has 5 aliphatic heterocycles.